The molecule has 10 rings (SSSR count). The third-order valence-corrected chi connectivity index (χ3v) is 9.53. The van der Waals surface area contributed by atoms with Crippen molar-refractivity contribution in [3.63, 3.8) is 0 Å². The van der Waals surface area contributed by atoms with E-state index in [1.807, 2.05) is 0 Å². The Balaban J connectivity index is 1.09. The molecule has 0 aliphatic carbocycles. The van der Waals surface area contributed by atoms with E-state index in [1.165, 1.54) is 55.0 Å². The molecular formula is C44H28N2O. The lowest BCUT2D eigenvalue weighted by Crippen LogP contribution is -1.92. The molecular weight excluding hydrogens is 572 g/mol. The molecule has 3 nitrogen and oxygen atoms in total. The van der Waals surface area contributed by atoms with Crippen molar-refractivity contribution in [2.75, 3.05) is 0 Å². The van der Waals surface area contributed by atoms with Gasteiger partial charge in [-0.15, -0.1) is 0 Å². The standard InChI is InChI=1S/C44H28N2O/c1-3-10-29(11-4-1)30-12-9-15-35(25-30)45-23-22-33-24-31(18-20-40(33)45)32-19-21-43-38(26-32)39-27-42-37(28-44(39)47-43)36-16-7-8-17-41(36)46(42)34-13-5-2-6-14-34/h1-28H. The normalized spacial score (nSPS) is 11.8. The van der Waals surface area contributed by atoms with Crippen LogP contribution in [-0.2, 0) is 0 Å². The van der Waals surface area contributed by atoms with Crippen molar-refractivity contribution < 1.29 is 4.42 Å². The Morgan fingerprint density at radius 3 is 1.96 bits per heavy atom. The number of benzene rings is 7. The van der Waals surface area contributed by atoms with Crippen LogP contribution in [0.3, 0.4) is 0 Å². The van der Waals surface area contributed by atoms with E-state index in [0.717, 1.165) is 33.3 Å². The molecule has 0 radical (unpaired) electrons. The molecule has 0 unspecified atom stereocenters. The largest absolute Gasteiger partial charge is 0.456 e. The zero-order valence-corrected chi connectivity index (χ0v) is 25.5. The van der Waals surface area contributed by atoms with E-state index in [9.17, 15) is 0 Å². The van der Waals surface area contributed by atoms with Crippen LogP contribution in [0.4, 0.5) is 0 Å². The Bertz CT molecular complexity index is 2780. The van der Waals surface area contributed by atoms with Crippen molar-refractivity contribution in [2.45, 2.75) is 0 Å². The molecule has 0 saturated carbocycles. The van der Waals surface area contributed by atoms with Crippen LogP contribution < -0.4 is 0 Å². The van der Waals surface area contributed by atoms with Crippen LogP contribution in [-0.4, -0.2) is 9.13 Å². The van der Waals surface area contributed by atoms with Gasteiger partial charge in [0.25, 0.3) is 0 Å². The first kappa shape index (κ1) is 26.0. The van der Waals surface area contributed by atoms with Crippen LogP contribution in [0.5, 0.6) is 0 Å². The van der Waals surface area contributed by atoms with Crippen molar-refractivity contribution in [3.05, 3.63) is 170 Å². The second kappa shape index (κ2) is 10.1. The summed E-state index contributed by atoms with van der Waals surface area (Å²) in [5, 5.41) is 5.88. The summed E-state index contributed by atoms with van der Waals surface area (Å²) in [5.74, 6) is 0. The molecule has 0 aliphatic rings. The molecule has 0 N–H and O–H groups in total. The predicted molar refractivity (Wildman–Crippen MR) is 196 cm³/mol. The van der Waals surface area contributed by atoms with Gasteiger partial charge in [0.2, 0.25) is 0 Å². The van der Waals surface area contributed by atoms with Gasteiger partial charge in [-0.25, -0.2) is 0 Å². The highest BCUT2D eigenvalue weighted by molar-refractivity contribution is 6.17. The van der Waals surface area contributed by atoms with Crippen molar-refractivity contribution in [1.82, 2.24) is 9.13 Å². The van der Waals surface area contributed by atoms with Crippen molar-refractivity contribution in [3.8, 4) is 33.6 Å². The van der Waals surface area contributed by atoms with Gasteiger partial charge in [0.05, 0.1) is 16.6 Å². The minimum atomic E-state index is 0.900. The Kier molecular flexibility index (Phi) is 5.57. The summed E-state index contributed by atoms with van der Waals surface area (Å²) in [6, 6.07) is 58.6. The number of nitrogens with zero attached hydrogens (tertiary/aromatic N) is 2. The molecule has 7 aromatic carbocycles. The van der Waals surface area contributed by atoms with Crippen LogP contribution >= 0.6 is 0 Å². The topological polar surface area (TPSA) is 23.0 Å². The molecule has 0 spiro atoms. The van der Waals surface area contributed by atoms with Gasteiger partial charge in [0.15, 0.2) is 0 Å². The maximum atomic E-state index is 6.47. The average molecular weight is 601 g/mol. The summed E-state index contributed by atoms with van der Waals surface area (Å²) < 4.78 is 11.1. The summed E-state index contributed by atoms with van der Waals surface area (Å²) in [6.07, 6.45) is 2.17. The van der Waals surface area contributed by atoms with Gasteiger partial charge in [-0.2, -0.15) is 0 Å². The van der Waals surface area contributed by atoms with E-state index in [1.54, 1.807) is 0 Å². The fourth-order valence-corrected chi connectivity index (χ4v) is 7.29. The molecule has 0 amide bonds. The lowest BCUT2D eigenvalue weighted by atomic mass is 10.0. The molecule has 47 heavy (non-hydrogen) atoms. The smallest absolute Gasteiger partial charge is 0.136 e. The number of para-hydroxylation sites is 2. The molecule has 0 bridgehead atoms. The quantitative estimate of drug-likeness (QED) is 0.197. The first-order valence-electron chi connectivity index (χ1n) is 16.0. The van der Waals surface area contributed by atoms with E-state index in [2.05, 4.69) is 179 Å². The summed E-state index contributed by atoms with van der Waals surface area (Å²) in [6.45, 7) is 0. The van der Waals surface area contributed by atoms with E-state index >= 15 is 0 Å². The van der Waals surface area contributed by atoms with Gasteiger partial charge in [0, 0.05) is 44.5 Å². The zero-order valence-electron chi connectivity index (χ0n) is 25.5. The van der Waals surface area contributed by atoms with Gasteiger partial charge in [0.1, 0.15) is 11.2 Å². The fourth-order valence-electron chi connectivity index (χ4n) is 7.29. The lowest BCUT2D eigenvalue weighted by molar-refractivity contribution is 0.669. The molecule has 0 aliphatic heterocycles. The Hall–Kier alpha value is -6.32. The first-order chi connectivity index (χ1) is 23.3. The maximum absolute atomic E-state index is 6.47. The molecule has 0 fully saturated rings. The van der Waals surface area contributed by atoms with Crippen molar-refractivity contribution >= 4 is 54.6 Å². The third kappa shape index (κ3) is 4.07. The Morgan fingerprint density at radius 2 is 1.06 bits per heavy atom. The highest BCUT2D eigenvalue weighted by Crippen LogP contribution is 2.39. The summed E-state index contributed by atoms with van der Waals surface area (Å²) in [7, 11) is 0. The summed E-state index contributed by atoms with van der Waals surface area (Å²) in [4.78, 5) is 0. The average Bonchev–Trinajstić information content (AvgIpc) is 3.82. The monoisotopic (exact) mass is 600 g/mol. The summed E-state index contributed by atoms with van der Waals surface area (Å²) >= 11 is 0. The number of furan rings is 1. The SMILES string of the molecule is c1ccc(-c2cccc(-n3ccc4cc(-c5ccc6oc7cc8c9ccccc9n(-c9ccccc9)c8cc7c6c5)ccc43)c2)cc1. The van der Waals surface area contributed by atoms with E-state index in [-0.39, 0.29) is 0 Å². The van der Waals surface area contributed by atoms with Gasteiger partial charge in [-0.05, 0) is 95.1 Å². The molecule has 10 aromatic rings. The van der Waals surface area contributed by atoms with Crippen molar-refractivity contribution in [1.29, 1.82) is 0 Å². The molecule has 0 atom stereocenters. The summed E-state index contributed by atoms with van der Waals surface area (Å²) in [5.41, 5.74) is 12.5. The van der Waals surface area contributed by atoms with Crippen LogP contribution in [0.15, 0.2) is 174 Å². The molecule has 0 saturated heterocycles. The van der Waals surface area contributed by atoms with Crippen molar-refractivity contribution in [2.24, 2.45) is 0 Å². The second-order valence-electron chi connectivity index (χ2n) is 12.2. The van der Waals surface area contributed by atoms with Crippen LogP contribution in [0, 0.1) is 0 Å². The van der Waals surface area contributed by atoms with Gasteiger partial charge in [-0.3, -0.25) is 0 Å². The molecule has 3 heteroatoms. The number of hydrogen-bond acceptors (Lipinski definition) is 1. The van der Waals surface area contributed by atoms with E-state index in [4.69, 9.17) is 4.42 Å². The highest BCUT2D eigenvalue weighted by atomic mass is 16.3. The second-order valence-corrected chi connectivity index (χ2v) is 12.2. The fraction of sp³-hybridized carbons (Fsp3) is 0. The number of aromatic nitrogens is 2. The Morgan fingerprint density at radius 1 is 0.362 bits per heavy atom. The van der Waals surface area contributed by atoms with Crippen LogP contribution in [0.25, 0.3) is 88.3 Å². The lowest BCUT2D eigenvalue weighted by Gasteiger charge is -2.09. The highest BCUT2D eigenvalue weighted by Gasteiger charge is 2.17. The zero-order chi connectivity index (χ0) is 30.9. The number of rotatable bonds is 4. The minimum absolute atomic E-state index is 0.900. The third-order valence-electron chi connectivity index (χ3n) is 9.53. The minimum Gasteiger partial charge on any atom is -0.456 e. The van der Waals surface area contributed by atoms with Crippen LogP contribution in [0.2, 0.25) is 0 Å². The first-order valence-corrected chi connectivity index (χ1v) is 16.0. The van der Waals surface area contributed by atoms with Crippen LogP contribution in [0.1, 0.15) is 0 Å². The number of hydrogen-bond donors (Lipinski definition) is 0. The molecule has 3 heterocycles. The predicted octanol–water partition coefficient (Wildman–Crippen LogP) is 12.0. The van der Waals surface area contributed by atoms with E-state index in [0.29, 0.717) is 0 Å². The molecule has 3 aromatic heterocycles. The maximum Gasteiger partial charge on any atom is 0.136 e. The van der Waals surface area contributed by atoms with Gasteiger partial charge in [-0.1, -0.05) is 91.0 Å². The van der Waals surface area contributed by atoms with Gasteiger partial charge >= 0.3 is 0 Å². The van der Waals surface area contributed by atoms with Gasteiger partial charge < -0.3 is 13.6 Å². The Labute approximate surface area is 271 Å². The van der Waals surface area contributed by atoms with E-state index < -0.39 is 0 Å². The molecule has 220 valence electrons. The number of fused-ring (bicyclic) bond motifs is 7.